The van der Waals surface area contributed by atoms with E-state index in [1.807, 2.05) is 13.8 Å². The second kappa shape index (κ2) is 11.4. The van der Waals surface area contributed by atoms with Gasteiger partial charge in [-0.2, -0.15) is 0 Å². The number of nitrogens with zero attached hydrogens (tertiary/aromatic N) is 1. The first-order chi connectivity index (χ1) is 15.3. The number of hydrogen-bond donors (Lipinski definition) is 6. The number of thioether (sulfide) groups is 1. The topological polar surface area (TPSA) is 199 Å². The van der Waals surface area contributed by atoms with Crippen molar-refractivity contribution in [3.63, 3.8) is 0 Å². The molecular formula is C18H24BN5O7S. The largest absolute Gasteiger partial charge is 0.547 e. The molecule has 12 nitrogen and oxygen atoms in total. The number of rotatable bonds is 7. The van der Waals surface area contributed by atoms with Crippen molar-refractivity contribution >= 4 is 42.4 Å². The lowest BCUT2D eigenvalue weighted by atomic mass is 9.72. The highest BCUT2D eigenvalue weighted by atomic mass is 32.2. The van der Waals surface area contributed by atoms with Gasteiger partial charge in [0.15, 0.2) is 12.3 Å². The number of amides is 2. The second-order valence-corrected chi connectivity index (χ2v) is 7.32. The standard InChI is InChI=1S/C16H18BN5O7S.C2H6/c18-11(23)5-28-22-12(9-6-30-16(19)20-9)14(24)21-10-4-7-2-1-3-8(15(25)26)13(7)29-17(10)27;1-2/h1-3,6,10,16,20,27H,4-5,19H2,(H2,18,23)(H,21,24)(H,25,26);1-2H3/b22-12-;. The van der Waals surface area contributed by atoms with Crippen molar-refractivity contribution in [2.24, 2.45) is 16.6 Å². The summed E-state index contributed by atoms with van der Waals surface area (Å²) in [5, 5.41) is 30.1. The maximum Gasteiger partial charge on any atom is 0.547 e. The summed E-state index contributed by atoms with van der Waals surface area (Å²) in [4.78, 5) is 39.8. The van der Waals surface area contributed by atoms with Crippen molar-refractivity contribution in [2.75, 3.05) is 6.61 Å². The monoisotopic (exact) mass is 465 g/mol. The highest BCUT2D eigenvalue weighted by Gasteiger charge is 2.39. The average Bonchev–Trinajstić information content (AvgIpc) is 3.18. The van der Waals surface area contributed by atoms with Gasteiger partial charge in [0, 0.05) is 5.41 Å². The molecular weight excluding hydrogens is 441 g/mol. The van der Waals surface area contributed by atoms with Crippen molar-refractivity contribution in [3.05, 3.63) is 40.4 Å². The van der Waals surface area contributed by atoms with Crippen LogP contribution in [-0.2, 0) is 20.8 Å². The number of carbonyl (C=O) groups is 3. The predicted octanol–water partition coefficient (Wildman–Crippen LogP) is -0.872. The van der Waals surface area contributed by atoms with Gasteiger partial charge in [0.1, 0.15) is 11.2 Å². The Morgan fingerprint density at radius 3 is 2.72 bits per heavy atom. The molecule has 2 unspecified atom stereocenters. The zero-order valence-electron chi connectivity index (χ0n) is 17.4. The third kappa shape index (κ3) is 6.15. The normalized spacial score (nSPS) is 19.3. The van der Waals surface area contributed by atoms with Crippen LogP contribution in [0.1, 0.15) is 29.8 Å². The van der Waals surface area contributed by atoms with E-state index < -0.39 is 42.9 Å². The molecule has 32 heavy (non-hydrogen) atoms. The van der Waals surface area contributed by atoms with Gasteiger partial charge in [0.05, 0.1) is 17.2 Å². The number of nitrogens with one attached hydrogen (secondary N) is 2. The van der Waals surface area contributed by atoms with Gasteiger partial charge in [0.2, 0.25) is 0 Å². The number of nitrogens with two attached hydrogens (primary N) is 2. The molecule has 2 aliphatic heterocycles. The molecule has 0 aliphatic carbocycles. The van der Waals surface area contributed by atoms with Crippen LogP contribution < -0.4 is 26.8 Å². The van der Waals surface area contributed by atoms with Gasteiger partial charge in [0.25, 0.3) is 11.8 Å². The predicted molar refractivity (Wildman–Crippen MR) is 118 cm³/mol. The molecule has 2 amide bonds. The molecule has 2 heterocycles. The fraction of sp³-hybridized carbons (Fsp3) is 0.333. The lowest BCUT2D eigenvalue weighted by Gasteiger charge is -2.29. The molecule has 0 aromatic heterocycles. The Morgan fingerprint density at radius 1 is 1.41 bits per heavy atom. The zero-order valence-corrected chi connectivity index (χ0v) is 18.2. The number of para-hydroxylation sites is 1. The SMILES string of the molecule is CC.NC(=O)CO/N=C(\C(=O)NC1Cc2cccc(C(=O)O)c2OB1O)C1=CSC(N)N1. The van der Waals surface area contributed by atoms with Crippen LogP contribution in [0.25, 0.3) is 0 Å². The Morgan fingerprint density at radius 2 is 2.12 bits per heavy atom. The van der Waals surface area contributed by atoms with Crippen molar-refractivity contribution in [3.8, 4) is 5.75 Å². The number of aromatic carboxylic acids is 1. The molecule has 1 aromatic rings. The van der Waals surface area contributed by atoms with Crippen molar-refractivity contribution in [1.29, 1.82) is 0 Å². The zero-order chi connectivity index (χ0) is 23.8. The number of oxime groups is 1. The van der Waals surface area contributed by atoms with E-state index in [4.69, 9.17) is 21.0 Å². The van der Waals surface area contributed by atoms with E-state index >= 15 is 0 Å². The second-order valence-electron chi connectivity index (χ2n) is 6.30. The van der Waals surface area contributed by atoms with Crippen LogP contribution in [-0.4, -0.2) is 58.8 Å². The van der Waals surface area contributed by atoms with Gasteiger partial charge in [-0.15, -0.1) is 0 Å². The van der Waals surface area contributed by atoms with Crippen LogP contribution in [0, 0.1) is 0 Å². The average molecular weight is 465 g/mol. The Bertz CT molecular complexity index is 942. The molecule has 3 rings (SSSR count). The van der Waals surface area contributed by atoms with Crippen LogP contribution in [0.15, 0.2) is 34.5 Å². The van der Waals surface area contributed by atoms with E-state index in [0.29, 0.717) is 5.56 Å². The molecule has 0 saturated heterocycles. The minimum absolute atomic E-state index is 0.0456. The quantitative estimate of drug-likeness (QED) is 0.167. The molecule has 172 valence electrons. The van der Waals surface area contributed by atoms with Gasteiger partial charge < -0.3 is 41.7 Å². The Labute approximate surface area is 188 Å². The highest BCUT2D eigenvalue weighted by Crippen LogP contribution is 2.30. The summed E-state index contributed by atoms with van der Waals surface area (Å²) < 4.78 is 5.35. The number of primary amides is 1. The minimum Gasteiger partial charge on any atom is -0.534 e. The lowest BCUT2D eigenvalue weighted by molar-refractivity contribution is -0.122. The fourth-order valence-electron chi connectivity index (χ4n) is 2.81. The first-order valence-electron chi connectivity index (χ1n) is 9.63. The van der Waals surface area contributed by atoms with E-state index in [-0.39, 0.29) is 29.1 Å². The molecule has 0 spiro atoms. The molecule has 8 N–H and O–H groups in total. The maximum atomic E-state index is 12.8. The number of fused-ring (bicyclic) bond motifs is 1. The van der Waals surface area contributed by atoms with Gasteiger partial charge in [-0.25, -0.2) is 4.79 Å². The van der Waals surface area contributed by atoms with Crippen molar-refractivity contribution in [2.45, 2.75) is 31.7 Å². The minimum atomic E-state index is -1.50. The van der Waals surface area contributed by atoms with E-state index in [9.17, 15) is 24.5 Å². The molecule has 1 aromatic carbocycles. The number of benzene rings is 1. The van der Waals surface area contributed by atoms with Gasteiger partial charge in [-0.05, 0) is 18.1 Å². The lowest BCUT2D eigenvalue weighted by Crippen LogP contribution is -2.55. The first-order valence-corrected chi connectivity index (χ1v) is 10.6. The van der Waals surface area contributed by atoms with Crippen LogP contribution >= 0.6 is 11.8 Å². The smallest absolute Gasteiger partial charge is 0.534 e. The molecule has 0 bridgehead atoms. The highest BCUT2D eigenvalue weighted by molar-refractivity contribution is 8.02. The van der Waals surface area contributed by atoms with E-state index in [1.54, 1.807) is 17.5 Å². The number of carboxylic acid groups (broad SMARTS) is 1. The summed E-state index contributed by atoms with van der Waals surface area (Å²) in [5.74, 6) is -3.57. The molecule has 2 atom stereocenters. The summed E-state index contributed by atoms with van der Waals surface area (Å²) in [6.07, 6.45) is 0.111. The summed E-state index contributed by atoms with van der Waals surface area (Å²) in [7, 11) is -1.50. The van der Waals surface area contributed by atoms with Gasteiger partial charge in [-0.1, -0.05) is 42.9 Å². The summed E-state index contributed by atoms with van der Waals surface area (Å²) in [5.41, 5.74) is 10.7. The number of carbonyl (C=O) groups excluding carboxylic acids is 2. The molecule has 0 fully saturated rings. The maximum absolute atomic E-state index is 12.8. The summed E-state index contributed by atoms with van der Waals surface area (Å²) >= 11 is 1.20. The Balaban J connectivity index is 0.00000176. The summed E-state index contributed by atoms with van der Waals surface area (Å²) in [6.45, 7) is 3.46. The van der Waals surface area contributed by atoms with Crippen molar-refractivity contribution < 1.29 is 34.0 Å². The van der Waals surface area contributed by atoms with Crippen LogP contribution in [0.5, 0.6) is 5.75 Å². The van der Waals surface area contributed by atoms with Crippen LogP contribution in [0.2, 0.25) is 0 Å². The Kier molecular flexibility index (Phi) is 8.93. The molecule has 0 saturated carbocycles. The van der Waals surface area contributed by atoms with E-state index in [1.165, 1.54) is 17.8 Å². The number of hydrogen-bond acceptors (Lipinski definition) is 10. The third-order valence-corrected chi connectivity index (χ3v) is 4.91. The van der Waals surface area contributed by atoms with Gasteiger partial charge in [-0.3, -0.25) is 9.59 Å². The van der Waals surface area contributed by atoms with Gasteiger partial charge >= 0.3 is 13.1 Å². The van der Waals surface area contributed by atoms with Crippen molar-refractivity contribution in [1.82, 2.24) is 10.6 Å². The molecule has 14 heteroatoms. The first kappa shape index (κ1) is 25.0. The molecule has 0 radical (unpaired) electrons. The summed E-state index contributed by atoms with van der Waals surface area (Å²) in [6, 6.07) is 4.53. The third-order valence-electron chi connectivity index (χ3n) is 4.13. The number of carboxylic acids is 1. The van der Waals surface area contributed by atoms with Crippen LogP contribution in [0.4, 0.5) is 0 Å². The molecule has 2 aliphatic rings. The fourth-order valence-corrected chi connectivity index (χ4v) is 3.47. The van der Waals surface area contributed by atoms with E-state index in [0.717, 1.165) is 0 Å². The van der Waals surface area contributed by atoms with Crippen LogP contribution in [0.3, 0.4) is 0 Å². The van der Waals surface area contributed by atoms with E-state index in [2.05, 4.69) is 15.8 Å². The Hall–Kier alpha value is -3.23.